The van der Waals surface area contributed by atoms with Crippen LogP contribution in [0.3, 0.4) is 0 Å². The van der Waals surface area contributed by atoms with E-state index in [9.17, 15) is 15.0 Å². The standard InChI is InChI=1S/C47H83NO4/c1-7-8-9-10-11-12-13-14-15-16-17-18-19-23-44(50)43(33-49)48-45(51)34-52-38-28-30-46(5)37(32-38)24-25-39-41-27-26-40(36(4)22-20-21-35(2)3)47(41,6)31-29-42(39)46/h19,23-25,35-44,49-50H,7-18,20-22,26-34H2,1-6H3,(H,48,51)/b23-19+/t36?,37?,38-,39?,40+,41?,42?,43-,44+,46-,47+/m0/s1. The Hall–Kier alpha value is -1.17. The molecule has 5 nitrogen and oxygen atoms in total. The van der Waals surface area contributed by atoms with Crippen LogP contribution in [0, 0.1) is 52.3 Å². The predicted octanol–water partition coefficient (Wildman–Crippen LogP) is 11.4. The average Bonchev–Trinajstić information content (AvgIpc) is 3.48. The van der Waals surface area contributed by atoms with Crippen molar-refractivity contribution in [3.8, 4) is 0 Å². The van der Waals surface area contributed by atoms with Gasteiger partial charge in [-0.05, 0) is 110 Å². The van der Waals surface area contributed by atoms with Gasteiger partial charge in [0.15, 0.2) is 0 Å². The Morgan fingerprint density at radius 1 is 0.846 bits per heavy atom. The van der Waals surface area contributed by atoms with E-state index in [0.717, 1.165) is 61.7 Å². The van der Waals surface area contributed by atoms with Crippen molar-refractivity contribution in [1.82, 2.24) is 5.32 Å². The minimum Gasteiger partial charge on any atom is -0.394 e. The van der Waals surface area contributed by atoms with Crippen molar-refractivity contribution >= 4 is 5.91 Å². The number of aliphatic hydroxyl groups excluding tert-OH is 2. The highest BCUT2D eigenvalue weighted by molar-refractivity contribution is 5.77. The lowest BCUT2D eigenvalue weighted by Crippen LogP contribution is -2.52. The molecule has 1 amide bonds. The zero-order chi connectivity index (χ0) is 37.6. The highest BCUT2D eigenvalue weighted by atomic mass is 16.5. The monoisotopic (exact) mass is 726 g/mol. The van der Waals surface area contributed by atoms with E-state index in [1.165, 1.54) is 109 Å². The second kappa shape index (κ2) is 21.8. The normalized spacial score (nSPS) is 33.1. The van der Waals surface area contributed by atoms with Gasteiger partial charge in [0.2, 0.25) is 5.91 Å². The minimum atomic E-state index is -0.905. The molecule has 11 atom stereocenters. The van der Waals surface area contributed by atoms with E-state index < -0.39 is 12.1 Å². The number of rotatable bonds is 24. The topological polar surface area (TPSA) is 78.8 Å². The van der Waals surface area contributed by atoms with Gasteiger partial charge in [0, 0.05) is 0 Å². The first-order valence-electron chi connectivity index (χ1n) is 22.6. The third-order valence-corrected chi connectivity index (χ3v) is 15.0. The molecule has 5 heteroatoms. The van der Waals surface area contributed by atoms with Crippen LogP contribution in [0.15, 0.2) is 24.3 Å². The Bertz CT molecular complexity index is 1090. The number of unbranched alkanes of at least 4 members (excludes halogenated alkanes) is 11. The molecule has 3 fully saturated rings. The van der Waals surface area contributed by atoms with Gasteiger partial charge < -0.3 is 20.3 Å². The van der Waals surface area contributed by atoms with Crippen molar-refractivity contribution < 1.29 is 19.7 Å². The predicted molar refractivity (Wildman–Crippen MR) is 218 cm³/mol. The summed E-state index contributed by atoms with van der Waals surface area (Å²) >= 11 is 0. The zero-order valence-electron chi connectivity index (χ0n) is 34.8. The van der Waals surface area contributed by atoms with Crippen molar-refractivity contribution in [2.24, 2.45) is 52.3 Å². The summed E-state index contributed by atoms with van der Waals surface area (Å²) in [5, 5.41) is 23.4. The van der Waals surface area contributed by atoms with Gasteiger partial charge in [0.1, 0.15) is 6.61 Å². The van der Waals surface area contributed by atoms with Gasteiger partial charge in [0.05, 0.1) is 24.9 Å². The van der Waals surface area contributed by atoms with Gasteiger partial charge in [-0.15, -0.1) is 0 Å². The molecular weight excluding hydrogens is 643 g/mol. The molecule has 0 saturated heterocycles. The molecule has 0 aromatic carbocycles. The molecule has 0 aliphatic heterocycles. The summed E-state index contributed by atoms with van der Waals surface area (Å²) < 4.78 is 6.23. The largest absolute Gasteiger partial charge is 0.394 e. The smallest absolute Gasteiger partial charge is 0.246 e. The minimum absolute atomic E-state index is 0.0211. The third kappa shape index (κ3) is 11.9. The molecule has 0 spiro atoms. The molecule has 0 heterocycles. The van der Waals surface area contributed by atoms with E-state index in [1.807, 2.05) is 6.08 Å². The SMILES string of the molecule is CCCCCCCCCCCCC/C=C/[C@@H](O)[C@H](CO)NC(=O)CO[C@H]1CC[C@@]2(C)C(C=CC3C2CC[C@@]2(C)C3CC[C@@H]2C(C)CCCC(C)C)C1. The fourth-order valence-corrected chi connectivity index (χ4v) is 11.7. The fourth-order valence-electron chi connectivity index (χ4n) is 11.7. The molecule has 300 valence electrons. The number of amides is 1. The highest BCUT2D eigenvalue weighted by Crippen LogP contribution is 2.67. The van der Waals surface area contributed by atoms with Crippen molar-refractivity contribution in [2.45, 2.75) is 201 Å². The van der Waals surface area contributed by atoms with Gasteiger partial charge in [-0.1, -0.05) is 149 Å². The molecule has 0 aromatic heterocycles. The van der Waals surface area contributed by atoms with Gasteiger partial charge in [-0.25, -0.2) is 0 Å². The maximum Gasteiger partial charge on any atom is 0.246 e. The summed E-state index contributed by atoms with van der Waals surface area (Å²) in [6.07, 6.45) is 36.4. The highest BCUT2D eigenvalue weighted by Gasteiger charge is 2.59. The van der Waals surface area contributed by atoms with Crippen molar-refractivity contribution in [3.05, 3.63) is 24.3 Å². The van der Waals surface area contributed by atoms with Crippen LogP contribution in [0.4, 0.5) is 0 Å². The summed E-state index contributed by atoms with van der Waals surface area (Å²) in [4.78, 5) is 12.9. The van der Waals surface area contributed by atoms with Crippen LogP contribution in [0.1, 0.15) is 183 Å². The van der Waals surface area contributed by atoms with Gasteiger partial charge >= 0.3 is 0 Å². The number of fused-ring (bicyclic) bond motifs is 5. The quantitative estimate of drug-likeness (QED) is 0.0684. The Balaban J connectivity index is 1.15. The van der Waals surface area contributed by atoms with Crippen LogP contribution in [0.25, 0.3) is 0 Å². The summed E-state index contributed by atoms with van der Waals surface area (Å²) in [7, 11) is 0. The molecule has 5 unspecified atom stereocenters. The summed E-state index contributed by atoms with van der Waals surface area (Å²) in [6.45, 7) is 14.5. The Kier molecular flexibility index (Phi) is 18.3. The van der Waals surface area contributed by atoms with Crippen LogP contribution >= 0.6 is 0 Å². The van der Waals surface area contributed by atoms with Crippen LogP contribution in [-0.4, -0.2) is 47.6 Å². The number of nitrogens with one attached hydrogen (secondary N) is 1. The van der Waals surface area contributed by atoms with Crippen LogP contribution in [-0.2, 0) is 9.53 Å². The van der Waals surface area contributed by atoms with E-state index in [0.29, 0.717) is 22.7 Å². The lowest BCUT2D eigenvalue weighted by atomic mass is 9.46. The Morgan fingerprint density at radius 2 is 1.50 bits per heavy atom. The van der Waals surface area contributed by atoms with E-state index in [2.05, 4.69) is 59.0 Å². The lowest BCUT2D eigenvalue weighted by molar-refractivity contribution is -0.133. The van der Waals surface area contributed by atoms with Crippen LogP contribution in [0.2, 0.25) is 0 Å². The lowest BCUT2D eigenvalue weighted by Gasteiger charge is -2.59. The molecule has 0 bridgehead atoms. The summed E-state index contributed by atoms with van der Waals surface area (Å²) in [5.41, 5.74) is 0.803. The zero-order valence-corrected chi connectivity index (χ0v) is 34.8. The summed E-state index contributed by atoms with van der Waals surface area (Å²) in [6, 6.07) is -0.715. The van der Waals surface area contributed by atoms with Crippen molar-refractivity contribution in [1.29, 1.82) is 0 Å². The van der Waals surface area contributed by atoms with Crippen LogP contribution in [0.5, 0.6) is 0 Å². The van der Waals surface area contributed by atoms with E-state index >= 15 is 0 Å². The molecule has 4 rings (SSSR count). The van der Waals surface area contributed by atoms with E-state index in [1.54, 1.807) is 6.08 Å². The second-order valence-corrected chi connectivity index (χ2v) is 19.1. The fraction of sp³-hybridized carbons (Fsp3) is 0.894. The molecule has 0 radical (unpaired) electrons. The molecular formula is C47H83NO4. The number of hydrogen-bond donors (Lipinski definition) is 3. The Morgan fingerprint density at radius 3 is 2.17 bits per heavy atom. The number of carbonyl (C=O) groups is 1. The molecule has 4 aliphatic rings. The van der Waals surface area contributed by atoms with Crippen molar-refractivity contribution in [2.75, 3.05) is 13.2 Å². The van der Waals surface area contributed by atoms with Crippen LogP contribution < -0.4 is 5.32 Å². The maximum absolute atomic E-state index is 12.9. The average molecular weight is 726 g/mol. The van der Waals surface area contributed by atoms with E-state index in [4.69, 9.17) is 4.74 Å². The third-order valence-electron chi connectivity index (χ3n) is 15.0. The first-order chi connectivity index (χ1) is 25.0. The van der Waals surface area contributed by atoms with E-state index in [-0.39, 0.29) is 25.2 Å². The number of aliphatic hydroxyl groups is 2. The second-order valence-electron chi connectivity index (χ2n) is 19.1. The number of ether oxygens (including phenoxy) is 1. The molecule has 0 aromatic rings. The maximum atomic E-state index is 12.9. The van der Waals surface area contributed by atoms with Crippen molar-refractivity contribution in [3.63, 3.8) is 0 Å². The Labute approximate surface area is 321 Å². The van der Waals surface area contributed by atoms with Gasteiger partial charge in [-0.3, -0.25) is 4.79 Å². The van der Waals surface area contributed by atoms with Gasteiger partial charge in [-0.2, -0.15) is 0 Å². The summed E-state index contributed by atoms with van der Waals surface area (Å²) in [5.74, 6) is 5.07. The molecule has 3 N–H and O–H groups in total. The number of hydrogen-bond acceptors (Lipinski definition) is 4. The first kappa shape index (κ1) is 43.6. The van der Waals surface area contributed by atoms with Gasteiger partial charge in [0.25, 0.3) is 0 Å². The number of carbonyl (C=O) groups excluding carboxylic acids is 1. The number of allylic oxidation sites excluding steroid dienone is 3. The first-order valence-corrected chi connectivity index (χ1v) is 22.6. The molecule has 52 heavy (non-hydrogen) atoms. The molecule has 4 aliphatic carbocycles. The molecule has 3 saturated carbocycles.